The zero-order chi connectivity index (χ0) is 16.9. The van der Waals surface area contributed by atoms with E-state index in [1.807, 2.05) is 24.3 Å². The van der Waals surface area contributed by atoms with E-state index in [-0.39, 0.29) is 5.56 Å². The predicted molar refractivity (Wildman–Crippen MR) is 90.1 cm³/mol. The molecule has 0 saturated carbocycles. The second-order valence-corrected chi connectivity index (χ2v) is 5.99. The van der Waals surface area contributed by atoms with Gasteiger partial charge >= 0.3 is 0 Å². The van der Waals surface area contributed by atoms with Crippen LogP contribution in [0.1, 0.15) is 20.9 Å². The first-order valence-corrected chi connectivity index (χ1v) is 7.99. The quantitative estimate of drug-likeness (QED) is 0.770. The maximum Gasteiger partial charge on any atom is 0.260 e. The highest BCUT2D eigenvalue weighted by atomic mass is 32.1. The van der Waals surface area contributed by atoms with Gasteiger partial charge in [-0.05, 0) is 18.2 Å². The van der Waals surface area contributed by atoms with Crippen LogP contribution in [-0.4, -0.2) is 23.2 Å². The van der Waals surface area contributed by atoms with Crippen LogP contribution in [0, 0.1) is 5.82 Å². The minimum atomic E-state index is -0.575. The molecule has 0 bridgehead atoms. The Kier molecular flexibility index (Phi) is 4.81. The molecule has 0 aliphatic rings. The van der Waals surface area contributed by atoms with Crippen LogP contribution in [0.25, 0.3) is 0 Å². The molecule has 0 radical (unpaired) electrons. The fourth-order valence-electron chi connectivity index (χ4n) is 2.20. The monoisotopic (exact) mass is 343 g/mol. The van der Waals surface area contributed by atoms with Gasteiger partial charge in [0.25, 0.3) is 5.91 Å². The summed E-state index contributed by atoms with van der Waals surface area (Å²) in [6, 6.07) is 13.4. The lowest BCUT2D eigenvalue weighted by Gasteiger charge is -2.05. The molecule has 3 rings (SSSR count). The SMILES string of the molecule is COc1ccccc1Cc1nnc(NC(=O)c2ccccc2F)s1. The summed E-state index contributed by atoms with van der Waals surface area (Å²) >= 11 is 1.24. The Balaban J connectivity index is 1.72. The third kappa shape index (κ3) is 3.57. The van der Waals surface area contributed by atoms with Crippen LogP contribution in [0.15, 0.2) is 48.5 Å². The molecule has 5 nitrogen and oxygen atoms in total. The van der Waals surface area contributed by atoms with Gasteiger partial charge in [-0.1, -0.05) is 41.7 Å². The van der Waals surface area contributed by atoms with Crippen molar-refractivity contribution in [2.24, 2.45) is 0 Å². The van der Waals surface area contributed by atoms with Gasteiger partial charge in [-0.15, -0.1) is 10.2 Å². The van der Waals surface area contributed by atoms with Crippen molar-refractivity contribution in [2.45, 2.75) is 6.42 Å². The molecule has 0 fully saturated rings. The Bertz CT molecular complexity index is 866. The summed E-state index contributed by atoms with van der Waals surface area (Å²) in [7, 11) is 1.61. The molecule has 0 aliphatic heterocycles. The summed E-state index contributed by atoms with van der Waals surface area (Å²) in [6.07, 6.45) is 0.539. The lowest BCUT2D eigenvalue weighted by molar-refractivity contribution is 0.102. The first-order valence-electron chi connectivity index (χ1n) is 7.17. The number of rotatable bonds is 5. The summed E-state index contributed by atoms with van der Waals surface area (Å²) in [5.74, 6) is -0.355. The van der Waals surface area contributed by atoms with Crippen LogP contribution in [-0.2, 0) is 6.42 Å². The highest BCUT2D eigenvalue weighted by molar-refractivity contribution is 7.15. The molecule has 0 unspecified atom stereocenters. The van der Waals surface area contributed by atoms with Crippen molar-refractivity contribution in [3.63, 3.8) is 0 Å². The van der Waals surface area contributed by atoms with Gasteiger partial charge in [0.15, 0.2) is 0 Å². The molecule has 7 heteroatoms. The number of halogens is 1. The highest BCUT2D eigenvalue weighted by Crippen LogP contribution is 2.24. The van der Waals surface area contributed by atoms with Crippen LogP contribution in [0.5, 0.6) is 5.75 Å². The van der Waals surface area contributed by atoms with Crippen LogP contribution in [0.2, 0.25) is 0 Å². The summed E-state index contributed by atoms with van der Waals surface area (Å²) < 4.78 is 18.9. The summed E-state index contributed by atoms with van der Waals surface area (Å²) in [5, 5.41) is 11.6. The van der Waals surface area contributed by atoms with Crippen LogP contribution in [0.3, 0.4) is 0 Å². The molecular formula is C17H14FN3O2S. The zero-order valence-corrected chi connectivity index (χ0v) is 13.6. The van der Waals surface area contributed by atoms with Crippen molar-refractivity contribution in [3.05, 3.63) is 70.5 Å². The van der Waals surface area contributed by atoms with Crippen molar-refractivity contribution in [2.75, 3.05) is 12.4 Å². The molecule has 0 atom stereocenters. The summed E-state index contributed by atoms with van der Waals surface area (Å²) in [6.45, 7) is 0. The lowest BCUT2D eigenvalue weighted by atomic mass is 10.1. The number of anilines is 1. The highest BCUT2D eigenvalue weighted by Gasteiger charge is 2.14. The van der Waals surface area contributed by atoms with Crippen LogP contribution >= 0.6 is 11.3 Å². The second-order valence-electron chi connectivity index (χ2n) is 4.92. The molecule has 24 heavy (non-hydrogen) atoms. The Morgan fingerprint density at radius 2 is 1.92 bits per heavy atom. The van der Waals surface area contributed by atoms with E-state index in [1.165, 1.54) is 29.5 Å². The number of nitrogens with one attached hydrogen (secondary N) is 1. The van der Waals surface area contributed by atoms with E-state index in [1.54, 1.807) is 13.2 Å². The smallest absolute Gasteiger partial charge is 0.260 e. The van der Waals surface area contributed by atoms with Crippen LogP contribution < -0.4 is 10.1 Å². The molecule has 1 aromatic heterocycles. The van der Waals surface area contributed by atoms with E-state index in [0.717, 1.165) is 16.3 Å². The van der Waals surface area contributed by atoms with E-state index < -0.39 is 11.7 Å². The average molecular weight is 343 g/mol. The Labute approximate surface area is 142 Å². The Morgan fingerprint density at radius 3 is 2.71 bits per heavy atom. The minimum absolute atomic E-state index is 0.0287. The third-order valence-corrected chi connectivity index (χ3v) is 4.18. The zero-order valence-electron chi connectivity index (χ0n) is 12.8. The largest absolute Gasteiger partial charge is 0.496 e. The van der Waals surface area contributed by atoms with E-state index >= 15 is 0 Å². The fraction of sp³-hybridized carbons (Fsp3) is 0.118. The molecule has 1 heterocycles. The first-order chi connectivity index (χ1) is 11.7. The first kappa shape index (κ1) is 16.1. The van der Waals surface area contributed by atoms with Gasteiger partial charge < -0.3 is 4.74 Å². The van der Waals surface area contributed by atoms with E-state index in [2.05, 4.69) is 15.5 Å². The second kappa shape index (κ2) is 7.18. The van der Waals surface area contributed by atoms with Crippen molar-refractivity contribution in [1.29, 1.82) is 0 Å². The van der Waals surface area contributed by atoms with Crippen LogP contribution in [0.4, 0.5) is 9.52 Å². The number of carbonyl (C=O) groups is 1. The topological polar surface area (TPSA) is 64.1 Å². The molecular weight excluding hydrogens is 329 g/mol. The van der Waals surface area contributed by atoms with Gasteiger partial charge in [-0.2, -0.15) is 0 Å². The van der Waals surface area contributed by atoms with Gasteiger partial charge in [-0.25, -0.2) is 4.39 Å². The number of aromatic nitrogens is 2. The number of ether oxygens (including phenoxy) is 1. The third-order valence-electron chi connectivity index (χ3n) is 3.34. The summed E-state index contributed by atoms with van der Waals surface area (Å²) in [5.41, 5.74) is 0.946. The fourth-order valence-corrected chi connectivity index (χ4v) is 2.96. The average Bonchev–Trinajstić information content (AvgIpc) is 3.02. The van der Waals surface area contributed by atoms with E-state index in [0.29, 0.717) is 11.6 Å². The Morgan fingerprint density at radius 1 is 1.17 bits per heavy atom. The number of para-hydroxylation sites is 1. The van der Waals surface area contributed by atoms with Gasteiger partial charge in [-0.3, -0.25) is 10.1 Å². The van der Waals surface area contributed by atoms with Crippen molar-refractivity contribution in [1.82, 2.24) is 10.2 Å². The number of nitrogens with zero attached hydrogens (tertiary/aromatic N) is 2. The van der Waals surface area contributed by atoms with Gasteiger partial charge in [0.1, 0.15) is 16.6 Å². The number of amides is 1. The predicted octanol–water partition coefficient (Wildman–Crippen LogP) is 3.53. The minimum Gasteiger partial charge on any atom is -0.496 e. The molecule has 1 amide bonds. The van der Waals surface area contributed by atoms with Crippen molar-refractivity contribution < 1.29 is 13.9 Å². The standard InChI is InChI=1S/C17H14FN3O2S/c1-23-14-9-5-2-6-11(14)10-15-20-21-17(24-15)19-16(22)12-7-3-4-8-13(12)18/h2-9H,10H2,1H3,(H,19,21,22). The van der Waals surface area contributed by atoms with Crippen molar-refractivity contribution in [3.8, 4) is 5.75 Å². The van der Waals surface area contributed by atoms with Gasteiger partial charge in [0.05, 0.1) is 12.7 Å². The molecule has 1 N–H and O–H groups in total. The normalized spacial score (nSPS) is 10.4. The van der Waals surface area contributed by atoms with E-state index in [4.69, 9.17) is 4.74 Å². The number of benzene rings is 2. The van der Waals surface area contributed by atoms with Crippen molar-refractivity contribution >= 4 is 22.4 Å². The maximum absolute atomic E-state index is 13.6. The number of hydrogen-bond donors (Lipinski definition) is 1. The molecule has 0 spiro atoms. The van der Waals surface area contributed by atoms with Gasteiger partial charge in [0.2, 0.25) is 5.13 Å². The molecule has 3 aromatic rings. The number of hydrogen-bond acceptors (Lipinski definition) is 5. The molecule has 2 aromatic carbocycles. The number of methoxy groups -OCH3 is 1. The summed E-state index contributed by atoms with van der Waals surface area (Å²) in [4.78, 5) is 12.1. The van der Waals surface area contributed by atoms with Gasteiger partial charge in [0, 0.05) is 12.0 Å². The molecule has 0 aliphatic carbocycles. The Hall–Kier alpha value is -2.80. The number of carbonyl (C=O) groups excluding carboxylic acids is 1. The maximum atomic E-state index is 13.6. The lowest BCUT2D eigenvalue weighted by Crippen LogP contribution is -2.13. The molecule has 122 valence electrons. The van der Waals surface area contributed by atoms with E-state index in [9.17, 15) is 9.18 Å². The molecule has 0 saturated heterocycles.